The average molecular weight is 405 g/mol. The molecular weight excluding hydrogens is 385 g/mol. The van der Waals surface area contributed by atoms with Crippen molar-refractivity contribution in [1.29, 1.82) is 0 Å². The largest absolute Gasteiger partial charge is 0.497 e. The first-order chi connectivity index (χ1) is 14.6. The van der Waals surface area contributed by atoms with Gasteiger partial charge >= 0.3 is 5.97 Å². The lowest BCUT2D eigenvalue weighted by molar-refractivity contribution is -0.149. The summed E-state index contributed by atoms with van der Waals surface area (Å²) < 4.78 is 24.3. The summed E-state index contributed by atoms with van der Waals surface area (Å²) in [5.74, 6) is -1.18. The topological polar surface area (TPSA) is 64.6 Å². The van der Waals surface area contributed by atoms with Crippen molar-refractivity contribution in [1.82, 2.24) is 0 Å². The highest BCUT2D eigenvalue weighted by Crippen LogP contribution is 2.22. The maximum absolute atomic E-state index is 13.7. The maximum atomic E-state index is 13.7. The van der Waals surface area contributed by atoms with Crippen LogP contribution in [0.5, 0.6) is 5.75 Å². The number of halogens is 1. The number of ether oxygens (including phenoxy) is 2. The third-order valence-electron chi connectivity index (χ3n) is 4.22. The van der Waals surface area contributed by atoms with E-state index in [1.165, 1.54) is 25.3 Å². The smallest absolute Gasteiger partial charge is 0.331 e. The van der Waals surface area contributed by atoms with Gasteiger partial charge in [-0.2, -0.15) is 0 Å². The Balaban J connectivity index is 1.78. The molecule has 0 fully saturated rings. The van der Waals surface area contributed by atoms with Crippen molar-refractivity contribution >= 4 is 23.6 Å². The third-order valence-corrected chi connectivity index (χ3v) is 4.22. The van der Waals surface area contributed by atoms with Gasteiger partial charge in [-0.3, -0.25) is 4.79 Å². The fourth-order valence-electron chi connectivity index (χ4n) is 2.73. The van der Waals surface area contributed by atoms with E-state index in [1.54, 1.807) is 66.7 Å². The molecule has 0 bridgehead atoms. The van der Waals surface area contributed by atoms with Crippen LogP contribution in [-0.2, 0) is 14.3 Å². The van der Waals surface area contributed by atoms with Crippen LogP contribution in [0.2, 0.25) is 0 Å². The number of esters is 1. The second kappa shape index (κ2) is 10.0. The Morgan fingerprint density at radius 3 is 2.43 bits per heavy atom. The standard InChI is InChI=1S/C24H20FNO4/c1-29-20-12-7-11-19(16-20)26-24(28)23(18-9-3-2-4-10-18)30-22(27)15-14-17-8-5-6-13-21(17)25/h2-16,23H,1H3,(H,26,28)/b15-14+/t23-/m0/s1. The van der Waals surface area contributed by atoms with E-state index in [0.29, 0.717) is 17.0 Å². The van der Waals surface area contributed by atoms with Crippen molar-refractivity contribution in [3.8, 4) is 5.75 Å². The van der Waals surface area contributed by atoms with Gasteiger partial charge in [0, 0.05) is 29.0 Å². The predicted octanol–water partition coefficient (Wildman–Crippen LogP) is 4.77. The summed E-state index contributed by atoms with van der Waals surface area (Å²) in [5, 5.41) is 2.72. The molecule has 1 amide bonds. The number of benzene rings is 3. The molecule has 0 heterocycles. The van der Waals surface area contributed by atoms with Crippen LogP contribution in [-0.4, -0.2) is 19.0 Å². The Morgan fingerprint density at radius 2 is 1.70 bits per heavy atom. The molecule has 0 saturated heterocycles. The van der Waals surface area contributed by atoms with Crippen molar-refractivity contribution in [2.75, 3.05) is 12.4 Å². The molecule has 3 aromatic rings. The number of carbonyl (C=O) groups is 2. The molecule has 0 aliphatic rings. The Morgan fingerprint density at radius 1 is 0.967 bits per heavy atom. The highest BCUT2D eigenvalue weighted by Gasteiger charge is 2.24. The zero-order valence-electron chi connectivity index (χ0n) is 16.2. The van der Waals surface area contributed by atoms with Crippen molar-refractivity contribution in [2.45, 2.75) is 6.10 Å². The van der Waals surface area contributed by atoms with Crippen LogP contribution in [0.4, 0.5) is 10.1 Å². The van der Waals surface area contributed by atoms with Crippen molar-refractivity contribution in [2.24, 2.45) is 0 Å². The van der Waals surface area contributed by atoms with Crippen LogP contribution in [0.3, 0.4) is 0 Å². The molecule has 0 unspecified atom stereocenters. The number of hydrogen-bond acceptors (Lipinski definition) is 4. The summed E-state index contributed by atoms with van der Waals surface area (Å²) in [7, 11) is 1.53. The minimum Gasteiger partial charge on any atom is -0.497 e. The van der Waals surface area contributed by atoms with Crippen molar-refractivity contribution < 1.29 is 23.5 Å². The molecular formula is C24H20FNO4. The molecule has 152 valence electrons. The van der Waals surface area contributed by atoms with Crippen LogP contribution in [0, 0.1) is 5.82 Å². The molecule has 3 rings (SSSR count). The fraction of sp³-hybridized carbons (Fsp3) is 0.0833. The first-order valence-corrected chi connectivity index (χ1v) is 9.20. The van der Waals surface area contributed by atoms with E-state index in [9.17, 15) is 14.0 Å². The summed E-state index contributed by atoms with van der Waals surface area (Å²) >= 11 is 0. The number of rotatable bonds is 7. The third kappa shape index (κ3) is 5.54. The van der Waals surface area contributed by atoms with Crippen LogP contribution >= 0.6 is 0 Å². The first kappa shape index (κ1) is 20.8. The van der Waals surface area contributed by atoms with Gasteiger partial charge in [-0.15, -0.1) is 0 Å². The summed E-state index contributed by atoms with van der Waals surface area (Å²) in [6, 6.07) is 21.5. The van der Waals surface area contributed by atoms with Gasteiger partial charge < -0.3 is 14.8 Å². The van der Waals surface area contributed by atoms with Gasteiger partial charge in [-0.25, -0.2) is 9.18 Å². The minimum atomic E-state index is -1.19. The van der Waals surface area contributed by atoms with Gasteiger partial charge in [-0.05, 0) is 24.3 Å². The van der Waals surface area contributed by atoms with Crippen LogP contribution in [0.1, 0.15) is 17.2 Å². The molecule has 30 heavy (non-hydrogen) atoms. The van der Waals surface area contributed by atoms with E-state index in [0.717, 1.165) is 6.08 Å². The highest BCUT2D eigenvalue weighted by molar-refractivity contribution is 5.97. The quantitative estimate of drug-likeness (QED) is 0.454. The van der Waals surface area contributed by atoms with Gasteiger partial charge in [0.25, 0.3) is 5.91 Å². The van der Waals surface area contributed by atoms with Gasteiger partial charge in [0.2, 0.25) is 6.10 Å². The van der Waals surface area contributed by atoms with Crippen LogP contribution < -0.4 is 10.1 Å². The van der Waals surface area contributed by atoms with Crippen molar-refractivity contribution in [3.05, 3.63) is 102 Å². The zero-order valence-corrected chi connectivity index (χ0v) is 16.2. The van der Waals surface area contributed by atoms with E-state index in [2.05, 4.69) is 5.32 Å². The molecule has 0 spiro atoms. The fourth-order valence-corrected chi connectivity index (χ4v) is 2.73. The molecule has 5 nitrogen and oxygen atoms in total. The Labute approximate surface area is 173 Å². The molecule has 0 aromatic heterocycles. The lowest BCUT2D eigenvalue weighted by Crippen LogP contribution is -2.25. The second-order valence-corrected chi connectivity index (χ2v) is 6.30. The number of methoxy groups -OCH3 is 1. The number of anilines is 1. The molecule has 0 saturated carbocycles. The van der Waals surface area contributed by atoms with E-state index >= 15 is 0 Å². The summed E-state index contributed by atoms with van der Waals surface area (Å²) in [4.78, 5) is 25.2. The number of nitrogens with one attached hydrogen (secondary N) is 1. The van der Waals surface area contributed by atoms with Gasteiger partial charge in [-0.1, -0.05) is 54.6 Å². The van der Waals surface area contributed by atoms with Crippen molar-refractivity contribution in [3.63, 3.8) is 0 Å². The minimum absolute atomic E-state index is 0.242. The normalized spacial score (nSPS) is 11.7. The molecule has 0 aliphatic heterocycles. The second-order valence-electron chi connectivity index (χ2n) is 6.30. The van der Waals surface area contributed by atoms with Crippen LogP contribution in [0.25, 0.3) is 6.08 Å². The molecule has 1 N–H and O–H groups in total. The average Bonchev–Trinajstić information content (AvgIpc) is 2.77. The van der Waals surface area contributed by atoms with E-state index in [4.69, 9.17) is 9.47 Å². The SMILES string of the molecule is COc1cccc(NC(=O)[C@@H](OC(=O)/C=C/c2ccccc2F)c2ccccc2)c1. The monoisotopic (exact) mass is 405 g/mol. The van der Waals surface area contributed by atoms with Gasteiger partial charge in [0.15, 0.2) is 0 Å². The summed E-state index contributed by atoms with van der Waals surface area (Å²) in [6.07, 6.45) is 1.21. The van der Waals surface area contributed by atoms with Crippen LogP contribution in [0.15, 0.2) is 84.9 Å². The number of amides is 1. The molecule has 0 aliphatic carbocycles. The summed E-state index contributed by atoms with van der Waals surface area (Å²) in [5.41, 5.74) is 1.25. The van der Waals surface area contributed by atoms with E-state index < -0.39 is 23.8 Å². The lowest BCUT2D eigenvalue weighted by atomic mass is 10.1. The molecule has 0 radical (unpaired) electrons. The Bertz CT molecular complexity index is 1050. The summed E-state index contributed by atoms with van der Waals surface area (Å²) in [6.45, 7) is 0. The zero-order chi connectivity index (χ0) is 21.3. The molecule has 1 atom stereocenters. The Kier molecular flexibility index (Phi) is 6.95. The maximum Gasteiger partial charge on any atom is 0.331 e. The first-order valence-electron chi connectivity index (χ1n) is 9.20. The van der Waals surface area contributed by atoms with Gasteiger partial charge in [0.1, 0.15) is 11.6 Å². The predicted molar refractivity (Wildman–Crippen MR) is 112 cm³/mol. The highest BCUT2D eigenvalue weighted by atomic mass is 19.1. The molecule has 3 aromatic carbocycles. The van der Waals surface area contributed by atoms with E-state index in [1.807, 2.05) is 0 Å². The Hall–Kier alpha value is -3.93. The van der Waals surface area contributed by atoms with E-state index in [-0.39, 0.29) is 5.56 Å². The number of hydrogen-bond donors (Lipinski definition) is 1. The lowest BCUT2D eigenvalue weighted by Gasteiger charge is -2.17. The molecule has 6 heteroatoms. The van der Waals surface area contributed by atoms with Gasteiger partial charge in [0.05, 0.1) is 7.11 Å². The number of carbonyl (C=O) groups excluding carboxylic acids is 2.